The van der Waals surface area contributed by atoms with E-state index in [2.05, 4.69) is 31.3 Å². The third-order valence-electron chi connectivity index (χ3n) is 3.71. The largest absolute Gasteiger partial charge is 0.459 e. The number of nitrogens with one attached hydrogen (secondary N) is 1. The summed E-state index contributed by atoms with van der Waals surface area (Å²) in [7, 11) is 1.75. The molecule has 1 N–H and O–H groups in total. The van der Waals surface area contributed by atoms with E-state index in [-0.39, 0.29) is 6.04 Å². The van der Waals surface area contributed by atoms with Crippen LogP contribution in [0, 0.1) is 5.92 Å². The first-order valence-corrected chi connectivity index (χ1v) is 7.47. The van der Waals surface area contributed by atoms with Crippen molar-refractivity contribution in [3.05, 3.63) is 36.1 Å². The van der Waals surface area contributed by atoms with Crippen LogP contribution in [0.4, 0.5) is 0 Å². The van der Waals surface area contributed by atoms with Gasteiger partial charge in [-0.05, 0) is 37.4 Å². The summed E-state index contributed by atoms with van der Waals surface area (Å²) in [4.78, 5) is 0. The summed E-state index contributed by atoms with van der Waals surface area (Å²) in [5.41, 5.74) is 0.963. The van der Waals surface area contributed by atoms with Gasteiger partial charge in [0, 0.05) is 19.1 Å². The Morgan fingerprint density at radius 3 is 2.80 bits per heavy atom. The number of para-hydroxylation sites is 1. The Kier molecular flexibility index (Phi) is 5.62. The van der Waals surface area contributed by atoms with Gasteiger partial charge in [0.2, 0.25) is 0 Å². The second-order valence-corrected chi connectivity index (χ2v) is 5.38. The van der Waals surface area contributed by atoms with Crippen molar-refractivity contribution < 1.29 is 9.15 Å². The molecule has 0 saturated carbocycles. The van der Waals surface area contributed by atoms with Gasteiger partial charge in [-0.3, -0.25) is 0 Å². The van der Waals surface area contributed by atoms with Gasteiger partial charge in [-0.25, -0.2) is 0 Å². The highest BCUT2D eigenvalue weighted by Gasteiger charge is 2.22. The zero-order valence-corrected chi connectivity index (χ0v) is 12.7. The minimum Gasteiger partial charge on any atom is -0.459 e. The molecule has 3 heteroatoms. The van der Waals surface area contributed by atoms with Crippen molar-refractivity contribution in [1.29, 1.82) is 0 Å². The molecule has 2 rings (SSSR count). The van der Waals surface area contributed by atoms with Gasteiger partial charge >= 0.3 is 0 Å². The van der Waals surface area contributed by atoms with Gasteiger partial charge in [-0.2, -0.15) is 0 Å². The molecule has 1 heterocycles. The fourth-order valence-corrected chi connectivity index (χ4v) is 2.51. The molecule has 0 radical (unpaired) electrons. The Morgan fingerprint density at radius 2 is 2.10 bits per heavy atom. The van der Waals surface area contributed by atoms with Crippen LogP contribution < -0.4 is 5.32 Å². The third-order valence-corrected chi connectivity index (χ3v) is 3.71. The molecule has 1 aromatic carbocycles. The van der Waals surface area contributed by atoms with Crippen molar-refractivity contribution in [3.8, 4) is 0 Å². The van der Waals surface area contributed by atoms with Crippen LogP contribution in [0.25, 0.3) is 11.0 Å². The van der Waals surface area contributed by atoms with E-state index in [0.29, 0.717) is 5.92 Å². The normalized spacial score (nSPS) is 14.6. The Morgan fingerprint density at radius 1 is 1.30 bits per heavy atom. The van der Waals surface area contributed by atoms with E-state index in [1.807, 2.05) is 18.2 Å². The topological polar surface area (TPSA) is 34.4 Å². The van der Waals surface area contributed by atoms with Crippen molar-refractivity contribution in [1.82, 2.24) is 5.32 Å². The average molecular weight is 275 g/mol. The highest BCUT2D eigenvalue weighted by molar-refractivity contribution is 5.77. The molecule has 2 unspecified atom stereocenters. The molecule has 110 valence electrons. The third kappa shape index (κ3) is 3.62. The molecular weight excluding hydrogens is 250 g/mol. The maximum atomic E-state index is 6.03. The van der Waals surface area contributed by atoms with E-state index < -0.39 is 0 Å². The number of fused-ring (bicyclic) bond motifs is 1. The zero-order chi connectivity index (χ0) is 14.4. The quantitative estimate of drug-likeness (QED) is 0.786. The average Bonchev–Trinajstić information content (AvgIpc) is 2.89. The smallest absolute Gasteiger partial charge is 0.134 e. The Balaban J connectivity index is 2.19. The lowest BCUT2D eigenvalue weighted by atomic mass is 9.96. The van der Waals surface area contributed by atoms with Crippen LogP contribution in [0.2, 0.25) is 0 Å². The first-order chi connectivity index (χ1) is 9.76. The Hall–Kier alpha value is -1.32. The molecule has 0 fully saturated rings. The van der Waals surface area contributed by atoms with Crippen molar-refractivity contribution >= 4 is 11.0 Å². The summed E-state index contributed by atoms with van der Waals surface area (Å²) in [6, 6.07) is 10.6. The predicted molar refractivity (Wildman–Crippen MR) is 82.9 cm³/mol. The second-order valence-electron chi connectivity index (χ2n) is 5.38. The molecular formula is C17H25NO2. The van der Waals surface area contributed by atoms with E-state index in [9.17, 15) is 0 Å². The standard InChI is InChI=1S/C17H25NO2/c1-4-10-18-17(13(2)9-11-19-3)16-12-14-7-5-6-8-15(14)20-16/h5-8,12-13,17-18H,4,9-11H2,1-3H3. The maximum absolute atomic E-state index is 6.03. The van der Waals surface area contributed by atoms with E-state index in [0.717, 1.165) is 37.3 Å². The molecule has 0 amide bonds. The van der Waals surface area contributed by atoms with Crippen LogP contribution in [0.5, 0.6) is 0 Å². The fraction of sp³-hybridized carbons (Fsp3) is 0.529. The summed E-state index contributed by atoms with van der Waals surface area (Å²) in [6.07, 6.45) is 2.14. The van der Waals surface area contributed by atoms with Gasteiger partial charge < -0.3 is 14.5 Å². The van der Waals surface area contributed by atoms with Gasteiger partial charge in [0.05, 0.1) is 6.04 Å². The molecule has 20 heavy (non-hydrogen) atoms. The van der Waals surface area contributed by atoms with Crippen molar-refractivity contribution in [2.45, 2.75) is 32.7 Å². The number of hydrogen-bond acceptors (Lipinski definition) is 3. The molecule has 3 nitrogen and oxygen atoms in total. The van der Waals surface area contributed by atoms with Crippen LogP contribution in [0.3, 0.4) is 0 Å². The lowest BCUT2D eigenvalue weighted by Crippen LogP contribution is -2.28. The summed E-state index contributed by atoms with van der Waals surface area (Å²) in [5.74, 6) is 1.50. The van der Waals surface area contributed by atoms with Gasteiger partial charge in [0.1, 0.15) is 11.3 Å². The van der Waals surface area contributed by atoms with Crippen LogP contribution in [-0.4, -0.2) is 20.3 Å². The molecule has 0 bridgehead atoms. The molecule has 0 spiro atoms. The summed E-state index contributed by atoms with van der Waals surface area (Å²) < 4.78 is 11.2. The first-order valence-electron chi connectivity index (χ1n) is 7.47. The monoisotopic (exact) mass is 275 g/mol. The first kappa shape index (κ1) is 15.1. The number of rotatable bonds is 8. The summed E-state index contributed by atoms with van der Waals surface area (Å²) in [6.45, 7) is 6.22. The highest BCUT2D eigenvalue weighted by atomic mass is 16.5. The summed E-state index contributed by atoms with van der Waals surface area (Å²) in [5, 5.41) is 4.78. The molecule has 2 atom stereocenters. The molecule has 0 aliphatic heterocycles. The molecule has 0 aliphatic rings. The molecule has 0 saturated heterocycles. The van der Waals surface area contributed by atoms with Gasteiger partial charge in [0.25, 0.3) is 0 Å². The zero-order valence-electron chi connectivity index (χ0n) is 12.7. The van der Waals surface area contributed by atoms with E-state index in [4.69, 9.17) is 9.15 Å². The van der Waals surface area contributed by atoms with Gasteiger partial charge in [-0.15, -0.1) is 0 Å². The van der Waals surface area contributed by atoms with Crippen LogP contribution in [-0.2, 0) is 4.74 Å². The predicted octanol–water partition coefficient (Wildman–Crippen LogP) is 4.15. The van der Waals surface area contributed by atoms with E-state index in [1.54, 1.807) is 7.11 Å². The lowest BCUT2D eigenvalue weighted by Gasteiger charge is -2.23. The second kappa shape index (κ2) is 7.46. The number of hydrogen-bond donors (Lipinski definition) is 1. The van der Waals surface area contributed by atoms with Gasteiger partial charge in [0.15, 0.2) is 0 Å². The Labute approximate surface area is 121 Å². The highest BCUT2D eigenvalue weighted by Crippen LogP contribution is 2.29. The van der Waals surface area contributed by atoms with Crippen LogP contribution in [0.1, 0.15) is 38.5 Å². The van der Waals surface area contributed by atoms with Crippen LogP contribution >= 0.6 is 0 Å². The lowest BCUT2D eigenvalue weighted by molar-refractivity contribution is 0.167. The SMILES string of the molecule is CCCNC(c1cc2ccccc2o1)C(C)CCOC. The number of ether oxygens (including phenoxy) is 1. The minimum atomic E-state index is 0.248. The van der Waals surface area contributed by atoms with E-state index in [1.165, 1.54) is 5.39 Å². The number of furan rings is 1. The van der Waals surface area contributed by atoms with Gasteiger partial charge in [-0.1, -0.05) is 32.0 Å². The van der Waals surface area contributed by atoms with E-state index >= 15 is 0 Å². The van der Waals surface area contributed by atoms with Crippen LogP contribution in [0.15, 0.2) is 34.7 Å². The number of benzene rings is 1. The van der Waals surface area contributed by atoms with Crippen molar-refractivity contribution in [3.63, 3.8) is 0 Å². The maximum Gasteiger partial charge on any atom is 0.134 e. The molecule has 2 aromatic rings. The Bertz CT molecular complexity index is 487. The molecule has 1 aromatic heterocycles. The van der Waals surface area contributed by atoms with Crippen molar-refractivity contribution in [2.75, 3.05) is 20.3 Å². The number of methoxy groups -OCH3 is 1. The van der Waals surface area contributed by atoms with Crippen molar-refractivity contribution in [2.24, 2.45) is 5.92 Å². The summed E-state index contributed by atoms with van der Waals surface area (Å²) >= 11 is 0. The minimum absolute atomic E-state index is 0.248. The fourth-order valence-electron chi connectivity index (χ4n) is 2.51. The molecule has 0 aliphatic carbocycles.